The topological polar surface area (TPSA) is 64.1 Å². The summed E-state index contributed by atoms with van der Waals surface area (Å²) in [6.07, 6.45) is 0.821. The first-order valence-corrected chi connectivity index (χ1v) is 12.6. The Morgan fingerprint density at radius 2 is 1.62 bits per heavy atom. The third-order valence-electron chi connectivity index (χ3n) is 5.23. The molecule has 0 saturated carbocycles. The van der Waals surface area contributed by atoms with Gasteiger partial charge in [0.25, 0.3) is 5.91 Å². The fraction of sp³-hybridized carbons (Fsp3) is 0.462. The van der Waals surface area contributed by atoms with Gasteiger partial charge in [-0.1, -0.05) is 23.5 Å². The van der Waals surface area contributed by atoms with Crippen molar-refractivity contribution in [3.63, 3.8) is 0 Å². The lowest BCUT2D eigenvalue weighted by Gasteiger charge is -2.22. The van der Waals surface area contributed by atoms with Crippen LogP contribution in [-0.2, 0) is 0 Å². The highest BCUT2D eigenvalue weighted by molar-refractivity contribution is 7.22. The second-order valence-electron chi connectivity index (χ2n) is 8.13. The van der Waals surface area contributed by atoms with E-state index in [2.05, 4.69) is 4.90 Å². The molecule has 3 aromatic rings. The van der Waals surface area contributed by atoms with E-state index in [1.165, 1.54) is 11.3 Å². The molecule has 0 fully saturated rings. The zero-order valence-electron chi connectivity index (χ0n) is 21.0. The summed E-state index contributed by atoms with van der Waals surface area (Å²) >= 11 is 1.53. The Balaban J connectivity index is 2.06. The van der Waals surface area contributed by atoms with Gasteiger partial charge in [-0.2, -0.15) is 0 Å². The number of aryl methyl sites for hydroxylation is 1. The predicted octanol–water partition coefficient (Wildman–Crippen LogP) is 5.40. The van der Waals surface area contributed by atoms with Gasteiger partial charge in [0.05, 0.1) is 30.0 Å². The van der Waals surface area contributed by atoms with Gasteiger partial charge in [-0.15, -0.1) is 0 Å². The fourth-order valence-electron chi connectivity index (χ4n) is 3.69. The van der Waals surface area contributed by atoms with Crippen LogP contribution in [0.2, 0.25) is 0 Å². The van der Waals surface area contributed by atoms with Gasteiger partial charge in [-0.3, -0.25) is 9.69 Å². The average Bonchev–Trinajstić information content (AvgIpc) is 3.24. The maximum Gasteiger partial charge on any atom is 0.260 e. The van der Waals surface area contributed by atoms with Crippen molar-refractivity contribution in [2.45, 2.75) is 34.1 Å². The summed E-state index contributed by atoms with van der Waals surface area (Å²) in [5.41, 5.74) is 2.51. The Kier molecular flexibility index (Phi) is 9.12. The average molecular weight is 486 g/mol. The van der Waals surface area contributed by atoms with Crippen LogP contribution in [-0.4, -0.2) is 62.8 Å². The van der Waals surface area contributed by atoms with E-state index in [0.717, 1.165) is 28.7 Å². The minimum Gasteiger partial charge on any atom is -0.490 e. The molecule has 2 aromatic carbocycles. The summed E-state index contributed by atoms with van der Waals surface area (Å²) in [5, 5.41) is 0.692. The summed E-state index contributed by atoms with van der Waals surface area (Å²) in [6.45, 7) is 10.5. The summed E-state index contributed by atoms with van der Waals surface area (Å²) in [6, 6.07) is 9.60. The van der Waals surface area contributed by atoms with Crippen LogP contribution >= 0.6 is 11.3 Å². The number of carbonyl (C=O) groups excluding carboxylic acids is 1. The standard InChI is InChI=1S/C26H35N3O4S/c1-7-31-20-16-19(17-21(32-8-2)24(20)33-9-3)25(30)29(15-11-14-28(5)6)26-27-23-18(4)12-10-13-22(23)34-26/h10,12-13,16-17H,7-9,11,14-15H2,1-6H3. The molecule has 0 N–H and O–H groups in total. The van der Waals surface area contributed by atoms with E-state index in [0.29, 0.717) is 54.3 Å². The Morgan fingerprint density at radius 1 is 0.971 bits per heavy atom. The number of anilines is 1. The highest BCUT2D eigenvalue weighted by Gasteiger charge is 2.25. The maximum atomic E-state index is 13.9. The lowest BCUT2D eigenvalue weighted by Crippen LogP contribution is -2.33. The van der Waals surface area contributed by atoms with Crippen LogP contribution in [0.15, 0.2) is 30.3 Å². The summed E-state index contributed by atoms with van der Waals surface area (Å²) in [4.78, 5) is 22.6. The summed E-state index contributed by atoms with van der Waals surface area (Å²) < 4.78 is 18.5. The van der Waals surface area contributed by atoms with Crippen molar-refractivity contribution in [2.24, 2.45) is 0 Å². The molecule has 0 radical (unpaired) electrons. The smallest absolute Gasteiger partial charge is 0.260 e. The van der Waals surface area contributed by atoms with E-state index in [1.54, 1.807) is 17.0 Å². The van der Waals surface area contributed by atoms with Crippen molar-refractivity contribution >= 4 is 32.6 Å². The van der Waals surface area contributed by atoms with E-state index in [1.807, 2.05) is 60.0 Å². The number of rotatable bonds is 12. The molecular formula is C26H35N3O4S. The predicted molar refractivity (Wildman–Crippen MR) is 139 cm³/mol. The molecule has 0 bridgehead atoms. The van der Waals surface area contributed by atoms with Gasteiger partial charge in [0.15, 0.2) is 16.6 Å². The van der Waals surface area contributed by atoms with Crippen LogP contribution < -0.4 is 19.1 Å². The molecule has 0 aliphatic carbocycles. The molecule has 1 heterocycles. The van der Waals surface area contributed by atoms with Gasteiger partial charge in [0.2, 0.25) is 5.75 Å². The third-order valence-corrected chi connectivity index (χ3v) is 6.27. The number of carbonyl (C=O) groups is 1. The van der Waals surface area contributed by atoms with E-state index in [-0.39, 0.29) is 5.91 Å². The molecule has 184 valence electrons. The van der Waals surface area contributed by atoms with E-state index >= 15 is 0 Å². The summed E-state index contributed by atoms with van der Waals surface area (Å²) in [7, 11) is 4.06. The van der Waals surface area contributed by atoms with Crippen molar-refractivity contribution in [1.82, 2.24) is 9.88 Å². The number of fused-ring (bicyclic) bond motifs is 1. The number of hydrogen-bond acceptors (Lipinski definition) is 7. The van der Waals surface area contributed by atoms with Gasteiger partial charge in [-0.25, -0.2) is 4.98 Å². The van der Waals surface area contributed by atoms with E-state index in [9.17, 15) is 4.79 Å². The monoisotopic (exact) mass is 485 g/mol. The lowest BCUT2D eigenvalue weighted by atomic mass is 10.1. The first-order chi connectivity index (χ1) is 16.4. The number of amides is 1. The molecule has 0 aliphatic rings. The number of ether oxygens (including phenoxy) is 3. The SMILES string of the molecule is CCOc1cc(C(=O)N(CCCN(C)C)c2nc3c(C)cccc3s2)cc(OCC)c1OCC. The van der Waals surface area contributed by atoms with Crippen molar-refractivity contribution in [3.05, 3.63) is 41.5 Å². The fourth-order valence-corrected chi connectivity index (χ4v) is 4.75. The van der Waals surface area contributed by atoms with E-state index in [4.69, 9.17) is 19.2 Å². The Morgan fingerprint density at radius 3 is 2.18 bits per heavy atom. The van der Waals surface area contributed by atoms with Crippen LogP contribution in [0.25, 0.3) is 10.2 Å². The maximum absolute atomic E-state index is 13.9. The molecule has 1 amide bonds. The zero-order valence-corrected chi connectivity index (χ0v) is 21.8. The molecule has 0 saturated heterocycles. The Labute approximate surface area is 206 Å². The Bertz CT molecular complexity index is 1090. The second kappa shape index (κ2) is 12.0. The van der Waals surface area contributed by atoms with Crippen LogP contribution in [0, 0.1) is 6.92 Å². The molecule has 0 aliphatic heterocycles. The zero-order chi connectivity index (χ0) is 24.7. The minimum atomic E-state index is -0.139. The van der Waals surface area contributed by atoms with E-state index < -0.39 is 0 Å². The molecule has 7 nitrogen and oxygen atoms in total. The number of benzene rings is 2. The highest BCUT2D eigenvalue weighted by atomic mass is 32.1. The van der Waals surface area contributed by atoms with Gasteiger partial charge in [0, 0.05) is 12.1 Å². The van der Waals surface area contributed by atoms with Crippen LogP contribution in [0.5, 0.6) is 17.2 Å². The van der Waals surface area contributed by atoms with Crippen molar-refractivity contribution in [1.29, 1.82) is 0 Å². The van der Waals surface area contributed by atoms with Crippen LogP contribution in [0.3, 0.4) is 0 Å². The second-order valence-corrected chi connectivity index (χ2v) is 9.14. The number of hydrogen-bond donors (Lipinski definition) is 0. The molecule has 3 rings (SSSR count). The highest BCUT2D eigenvalue weighted by Crippen LogP contribution is 2.40. The van der Waals surface area contributed by atoms with Gasteiger partial charge >= 0.3 is 0 Å². The quantitative estimate of drug-likeness (QED) is 0.342. The molecule has 8 heteroatoms. The van der Waals surface area contributed by atoms with Crippen LogP contribution in [0.4, 0.5) is 5.13 Å². The van der Waals surface area contributed by atoms with Crippen molar-refractivity contribution < 1.29 is 19.0 Å². The molecule has 0 spiro atoms. The van der Waals surface area contributed by atoms with Crippen LogP contribution in [0.1, 0.15) is 43.1 Å². The largest absolute Gasteiger partial charge is 0.490 e. The molecule has 0 unspecified atom stereocenters. The van der Waals surface area contributed by atoms with Crippen molar-refractivity contribution in [3.8, 4) is 17.2 Å². The molecule has 1 aromatic heterocycles. The molecule has 0 atom stereocenters. The first kappa shape index (κ1) is 25.8. The first-order valence-electron chi connectivity index (χ1n) is 11.8. The number of para-hydroxylation sites is 1. The molecular weight excluding hydrogens is 450 g/mol. The van der Waals surface area contributed by atoms with Crippen molar-refractivity contribution in [2.75, 3.05) is 51.9 Å². The number of thiazole rings is 1. The van der Waals surface area contributed by atoms with Gasteiger partial charge < -0.3 is 19.1 Å². The normalized spacial score (nSPS) is 11.1. The Hall–Kier alpha value is -2.84. The summed E-state index contributed by atoms with van der Waals surface area (Å²) in [5.74, 6) is 1.40. The number of nitrogens with zero attached hydrogens (tertiary/aromatic N) is 3. The minimum absolute atomic E-state index is 0.139. The van der Waals surface area contributed by atoms with Gasteiger partial charge in [0.1, 0.15) is 0 Å². The van der Waals surface area contributed by atoms with Gasteiger partial charge in [-0.05, 0) is 78.5 Å². The lowest BCUT2D eigenvalue weighted by molar-refractivity contribution is 0.0985. The molecule has 34 heavy (non-hydrogen) atoms. The third kappa shape index (κ3) is 5.98. The number of aromatic nitrogens is 1.